The van der Waals surface area contributed by atoms with Gasteiger partial charge in [0, 0.05) is 16.2 Å². The predicted octanol–water partition coefficient (Wildman–Crippen LogP) is 7.51. The minimum absolute atomic E-state index is 0.0868. The van der Waals surface area contributed by atoms with Crippen LogP contribution in [0.15, 0.2) is 46.0 Å². The molecule has 2 N–H and O–H groups in total. The number of imide groups is 1. The number of aromatic amines is 1. The molecule has 0 aliphatic carbocycles. The number of fused-ring (bicyclic) bond motifs is 5. The van der Waals surface area contributed by atoms with E-state index in [0.29, 0.717) is 16.3 Å². The summed E-state index contributed by atoms with van der Waals surface area (Å²) in [5.41, 5.74) is 1.72. The first-order chi connectivity index (χ1) is 20.5. The quantitative estimate of drug-likeness (QED) is 0.0787. The van der Waals surface area contributed by atoms with Crippen LogP contribution in [0.3, 0.4) is 0 Å². The molecule has 0 saturated carbocycles. The van der Waals surface area contributed by atoms with Gasteiger partial charge in [-0.25, -0.2) is 0 Å². The van der Waals surface area contributed by atoms with E-state index in [0.717, 1.165) is 108 Å². The first-order valence-electron chi connectivity index (χ1n) is 15.4. The van der Waals surface area contributed by atoms with Crippen LogP contribution in [0.5, 0.6) is 0 Å². The Bertz CT molecular complexity index is 2170. The zero-order valence-electron chi connectivity index (χ0n) is 24.2. The summed E-state index contributed by atoms with van der Waals surface area (Å²) in [6.07, 6.45) is 10.1. The number of benzene rings is 5. The highest BCUT2D eigenvalue weighted by molar-refractivity contribution is 6.45. The van der Waals surface area contributed by atoms with Gasteiger partial charge in [0.25, 0.3) is 22.9 Å². The molecule has 6 nitrogen and oxygen atoms in total. The van der Waals surface area contributed by atoms with E-state index in [1.54, 1.807) is 0 Å². The van der Waals surface area contributed by atoms with Gasteiger partial charge in [-0.05, 0) is 63.7 Å². The van der Waals surface area contributed by atoms with Crippen molar-refractivity contribution in [1.82, 2.24) is 10.3 Å². The van der Waals surface area contributed by atoms with E-state index in [9.17, 15) is 19.2 Å². The van der Waals surface area contributed by atoms with Crippen LogP contribution in [-0.4, -0.2) is 16.8 Å². The van der Waals surface area contributed by atoms with E-state index in [4.69, 9.17) is 0 Å². The summed E-state index contributed by atoms with van der Waals surface area (Å²) >= 11 is 0. The second kappa shape index (κ2) is 10.2. The molecule has 0 spiro atoms. The van der Waals surface area contributed by atoms with Crippen molar-refractivity contribution in [2.45, 2.75) is 78.1 Å². The normalized spacial score (nSPS) is 13.5. The fourth-order valence-electron chi connectivity index (χ4n) is 7.57. The van der Waals surface area contributed by atoms with Gasteiger partial charge in [0.1, 0.15) is 0 Å². The second-order valence-corrected chi connectivity index (χ2v) is 11.9. The maximum atomic E-state index is 13.8. The molecule has 5 aromatic carbocycles. The zero-order valence-corrected chi connectivity index (χ0v) is 24.2. The van der Waals surface area contributed by atoms with Crippen molar-refractivity contribution in [2.75, 3.05) is 0 Å². The molecule has 0 radical (unpaired) electrons. The van der Waals surface area contributed by atoms with Crippen LogP contribution >= 0.6 is 0 Å². The largest absolute Gasteiger partial charge is 0.288 e. The number of aromatic nitrogens is 1. The van der Waals surface area contributed by atoms with Crippen molar-refractivity contribution in [3.63, 3.8) is 0 Å². The molecule has 42 heavy (non-hydrogen) atoms. The Balaban J connectivity index is 1.76. The third kappa shape index (κ3) is 3.70. The molecule has 1 aromatic heterocycles. The van der Waals surface area contributed by atoms with Crippen LogP contribution in [-0.2, 0) is 12.8 Å². The molecule has 2 amide bonds. The summed E-state index contributed by atoms with van der Waals surface area (Å²) in [6, 6.07) is 12.3. The molecule has 0 bridgehead atoms. The summed E-state index contributed by atoms with van der Waals surface area (Å²) in [5.74, 6) is -1.03. The Kier molecular flexibility index (Phi) is 6.45. The van der Waals surface area contributed by atoms with Crippen molar-refractivity contribution >= 4 is 65.7 Å². The van der Waals surface area contributed by atoms with Crippen molar-refractivity contribution in [3.8, 4) is 0 Å². The highest BCUT2D eigenvalue weighted by atomic mass is 16.2. The average molecular weight is 559 g/mol. The van der Waals surface area contributed by atoms with Crippen LogP contribution < -0.4 is 16.4 Å². The Hall–Kier alpha value is -4.32. The lowest BCUT2D eigenvalue weighted by Gasteiger charge is -2.27. The van der Waals surface area contributed by atoms with Gasteiger partial charge in [0.15, 0.2) is 0 Å². The fourth-order valence-corrected chi connectivity index (χ4v) is 7.57. The van der Waals surface area contributed by atoms with Crippen LogP contribution in [0.1, 0.15) is 97.1 Å². The molecule has 0 atom stereocenters. The molecule has 1 aliphatic heterocycles. The molecule has 6 heteroatoms. The number of hydrogen-bond acceptors (Lipinski definition) is 4. The second-order valence-electron chi connectivity index (χ2n) is 11.9. The Labute approximate surface area is 242 Å². The highest BCUT2D eigenvalue weighted by Gasteiger charge is 2.36. The van der Waals surface area contributed by atoms with Crippen molar-refractivity contribution in [1.29, 1.82) is 0 Å². The smallest absolute Gasteiger partial charge is 0.259 e. The number of H-pyrrole nitrogens is 1. The predicted molar refractivity (Wildman–Crippen MR) is 171 cm³/mol. The van der Waals surface area contributed by atoms with Gasteiger partial charge in [-0.2, -0.15) is 0 Å². The van der Waals surface area contributed by atoms with Crippen LogP contribution in [0.25, 0.3) is 53.9 Å². The molecule has 0 saturated heterocycles. The summed E-state index contributed by atoms with van der Waals surface area (Å²) in [6.45, 7) is 4.38. The Morgan fingerprint density at radius 1 is 0.524 bits per heavy atom. The number of nitrogens with one attached hydrogen (secondary N) is 2. The van der Waals surface area contributed by atoms with E-state index in [2.05, 4.69) is 48.4 Å². The maximum Gasteiger partial charge on any atom is 0.259 e. The molecular formula is C36H34N2O4. The molecule has 0 unspecified atom stereocenters. The highest BCUT2D eigenvalue weighted by Crippen LogP contribution is 2.48. The van der Waals surface area contributed by atoms with Gasteiger partial charge in [0.05, 0.1) is 21.9 Å². The SMILES string of the molecule is CCCCCCc1c2c3c(c4c(=O)[nH]c(=O)c4c4c5cccc6cccc(c(c1CCCCCC)c34)c65)C(=O)NC2=O. The van der Waals surface area contributed by atoms with E-state index in [1.165, 1.54) is 0 Å². The molecule has 0 fully saturated rings. The lowest BCUT2D eigenvalue weighted by Crippen LogP contribution is -2.36. The lowest BCUT2D eigenvalue weighted by molar-refractivity contribution is 0.0845. The van der Waals surface area contributed by atoms with Crippen LogP contribution in [0.2, 0.25) is 0 Å². The molecule has 2 heterocycles. The fraction of sp³-hybridized carbons (Fsp3) is 0.333. The number of hydrogen-bond donors (Lipinski definition) is 2. The number of carbonyl (C=O) groups is 2. The summed E-state index contributed by atoms with van der Waals surface area (Å²) in [7, 11) is 0. The first-order valence-corrected chi connectivity index (χ1v) is 15.4. The third-order valence-electron chi connectivity index (χ3n) is 9.33. The van der Waals surface area contributed by atoms with Crippen molar-refractivity contribution in [2.24, 2.45) is 0 Å². The van der Waals surface area contributed by atoms with Crippen molar-refractivity contribution < 1.29 is 9.59 Å². The van der Waals surface area contributed by atoms with E-state index >= 15 is 0 Å². The van der Waals surface area contributed by atoms with Gasteiger partial charge in [0.2, 0.25) is 0 Å². The number of carbonyl (C=O) groups excluding carboxylic acids is 2. The van der Waals surface area contributed by atoms with Gasteiger partial charge >= 0.3 is 0 Å². The number of unbranched alkanes of at least 4 members (excludes halogenated alkanes) is 6. The molecule has 212 valence electrons. The molecule has 7 rings (SSSR count). The van der Waals surface area contributed by atoms with E-state index < -0.39 is 22.9 Å². The molecule has 6 aromatic rings. The van der Waals surface area contributed by atoms with Crippen molar-refractivity contribution in [3.05, 3.63) is 79.4 Å². The average Bonchev–Trinajstić information content (AvgIpc) is 3.28. The number of amides is 2. The van der Waals surface area contributed by atoms with E-state index in [1.807, 2.05) is 12.1 Å². The van der Waals surface area contributed by atoms with Gasteiger partial charge < -0.3 is 0 Å². The van der Waals surface area contributed by atoms with Gasteiger partial charge in [-0.1, -0.05) is 88.8 Å². The summed E-state index contributed by atoms with van der Waals surface area (Å²) in [4.78, 5) is 56.7. The monoisotopic (exact) mass is 558 g/mol. The Morgan fingerprint density at radius 3 is 1.79 bits per heavy atom. The zero-order chi connectivity index (χ0) is 29.1. The van der Waals surface area contributed by atoms with Crippen LogP contribution in [0.4, 0.5) is 0 Å². The minimum Gasteiger partial charge on any atom is -0.288 e. The minimum atomic E-state index is -0.615. The Morgan fingerprint density at radius 2 is 1.12 bits per heavy atom. The van der Waals surface area contributed by atoms with E-state index in [-0.39, 0.29) is 16.3 Å². The number of aryl methyl sites for hydroxylation is 1. The first kappa shape index (κ1) is 26.6. The molecule has 1 aliphatic rings. The van der Waals surface area contributed by atoms with Crippen LogP contribution in [0, 0.1) is 0 Å². The maximum absolute atomic E-state index is 13.8. The van der Waals surface area contributed by atoms with Gasteiger partial charge in [-0.15, -0.1) is 0 Å². The standard InChI is InChI=1S/C36H34N2O4/c1-3-5-7-9-15-20-21(16-10-8-6-4-2)27-29-28-25(20)22-17-11-13-19-14-12-18-23(24(19)22)26(28)30-32(36(42)38-34(30)40)31(29)35(41)37-33(27)39/h11-14,17-18H,3-10,15-16H2,1-2H3,(H,37,39,41)(H,38,40,42). The topological polar surface area (TPSA) is 96.1 Å². The van der Waals surface area contributed by atoms with Gasteiger partial charge in [-0.3, -0.25) is 29.5 Å². The summed E-state index contributed by atoms with van der Waals surface area (Å²) < 4.78 is 0. The summed E-state index contributed by atoms with van der Waals surface area (Å²) in [5, 5.41) is 9.90. The number of rotatable bonds is 10. The lowest BCUT2D eigenvalue weighted by atomic mass is 9.77. The third-order valence-corrected chi connectivity index (χ3v) is 9.33. The molecular weight excluding hydrogens is 524 g/mol.